The number of hydrogen-bond donors (Lipinski definition) is 3. The molecule has 0 aliphatic carbocycles. The molecule has 0 spiro atoms. The molecule has 0 unspecified atom stereocenters. The summed E-state index contributed by atoms with van der Waals surface area (Å²) in [6.07, 6.45) is 0. The van der Waals surface area contributed by atoms with E-state index >= 15 is 0 Å². The van der Waals surface area contributed by atoms with Crippen molar-refractivity contribution in [1.82, 2.24) is 0 Å². The van der Waals surface area contributed by atoms with Crippen molar-refractivity contribution in [2.24, 2.45) is 0 Å². The Bertz CT molecular complexity index is 13.5. The molecule has 40 valence electrons. The summed E-state index contributed by atoms with van der Waals surface area (Å²) in [5.74, 6) is 0. The van der Waals surface area contributed by atoms with Crippen LogP contribution in [-0.2, 0) is 0 Å². The zero-order chi connectivity index (χ0) is 5.58. The van der Waals surface area contributed by atoms with Gasteiger partial charge in [-0.1, -0.05) is 13.8 Å². The van der Waals surface area contributed by atoms with E-state index in [0.717, 1.165) is 0 Å². The lowest BCUT2D eigenvalue weighted by atomic mass is 11.0. The molecule has 0 heterocycles. The highest BCUT2D eigenvalue weighted by molar-refractivity contribution is 6.30. The lowest BCUT2D eigenvalue weighted by Gasteiger charge is -1.74. The highest BCUT2D eigenvalue weighted by atomic mass is 28.3. The number of rotatable bonds is 0. The van der Waals surface area contributed by atoms with E-state index in [-0.39, 0.29) is 0 Å². The summed E-state index contributed by atoms with van der Waals surface area (Å²) in [4.78, 5) is 21.9. The molecule has 0 aromatic rings. The van der Waals surface area contributed by atoms with Gasteiger partial charge < -0.3 is 14.4 Å². The average Bonchev–Trinajstić information content (AvgIpc) is 1.41. The molecule has 4 heteroatoms. The van der Waals surface area contributed by atoms with Crippen molar-refractivity contribution in [3.8, 4) is 0 Å². The van der Waals surface area contributed by atoms with Gasteiger partial charge in [-0.05, 0) is 0 Å². The average molecular weight is 110 g/mol. The zero-order valence-electron chi connectivity index (χ0n) is 3.92. The van der Waals surface area contributed by atoms with Crippen molar-refractivity contribution in [1.29, 1.82) is 0 Å². The highest BCUT2D eigenvalue weighted by Crippen LogP contribution is 1.40. The molecular weight excluding hydrogens is 100 g/mol. The van der Waals surface area contributed by atoms with Crippen LogP contribution in [0.15, 0.2) is 0 Å². The zero-order valence-corrected chi connectivity index (χ0v) is 5.07. The van der Waals surface area contributed by atoms with E-state index in [1.165, 1.54) is 0 Å². The lowest BCUT2D eigenvalue weighted by molar-refractivity contribution is 0.278. The van der Waals surface area contributed by atoms with Crippen molar-refractivity contribution in [2.45, 2.75) is 13.8 Å². The Morgan fingerprint density at radius 3 is 1.00 bits per heavy atom. The van der Waals surface area contributed by atoms with Gasteiger partial charge in [-0.3, -0.25) is 0 Å². The minimum Gasteiger partial charge on any atom is -0.392 e. The first-order valence-corrected chi connectivity index (χ1v) is 3.32. The Labute approximate surface area is 38.8 Å². The molecule has 0 radical (unpaired) electrons. The molecule has 3 N–H and O–H groups in total. The molecule has 6 heavy (non-hydrogen) atoms. The molecule has 0 saturated heterocycles. The van der Waals surface area contributed by atoms with E-state index in [9.17, 15) is 0 Å². The maximum absolute atomic E-state index is 7.31. The van der Waals surface area contributed by atoms with Gasteiger partial charge in [0.15, 0.2) is 0 Å². The molecule has 0 amide bonds. The first-order chi connectivity index (χ1) is 2.73. The van der Waals surface area contributed by atoms with Crippen LogP contribution in [0.2, 0.25) is 0 Å². The predicted molar refractivity (Wildman–Crippen MR) is 25.2 cm³/mol. The summed E-state index contributed by atoms with van der Waals surface area (Å²) in [7, 11) is -3.14. The molecule has 0 rings (SSSR count). The van der Waals surface area contributed by atoms with Crippen LogP contribution in [0.5, 0.6) is 0 Å². The van der Waals surface area contributed by atoms with Gasteiger partial charge in [-0.25, -0.2) is 0 Å². The third kappa shape index (κ3) is 4190. The minimum absolute atomic E-state index is 2.00. The summed E-state index contributed by atoms with van der Waals surface area (Å²) in [5, 5.41) is 0. The Kier molecular flexibility index (Phi) is 14.0. The van der Waals surface area contributed by atoms with E-state index in [4.69, 9.17) is 14.4 Å². The van der Waals surface area contributed by atoms with Crippen molar-refractivity contribution in [3.05, 3.63) is 0 Å². The maximum atomic E-state index is 7.31. The lowest BCUT2D eigenvalue weighted by Crippen LogP contribution is -2.07. The fraction of sp³-hybridized carbons (Fsp3) is 1.00. The van der Waals surface area contributed by atoms with Gasteiger partial charge in [-0.15, -0.1) is 0 Å². The van der Waals surface area contributed by atoms with E-state index in [2.05, 4.69) is 0 Å². The molecular formula is C2H10O3Si. The fourth-order valence-corrected chi connectivity index (χ4v) is 0. The predicted octanol–water partition coefficient (Wildman–Crippen LogP) is -1.29. The van der Waals surface area contributed by atoms with Gasteiger partial charge in [0.05, 0.1) is 0 Å². The quantitative estimate of drug-likeness (QED) is 0.340. The van der Waals surface area contributed by atoms with Crippen molar-refractivity contribution in [3.63, 3.8) is 0 Å². The Morgan fingerprint density at radius 1 is 1.00 bits per heavy atom. The first-order valence-electron chi connectivity index (χ1n) is 1.77. The molecule has 0 aromatic carbocycles. The van der Waals surface area contributed by atoms with Crippen LogP contribution in [-0.4, -0.2) is 23.9 Å². The molecule has 0 fully saturated rings. The summed E-state index contributed by atoms with van der Waals surface area (Å²) < 4.78 is 0. The first kappa shape index (κ1) is 9.44. The second-order valence-electron chi connectivity index (χ2n) is 0.346. The molecule has 0 bridgehead atoms. The van der Waals surface area contributed by atoms with Crippen LogP contribution in [0.1, 0.15) is 13.8 Å². The monoisotopic (exact) mass is 110 g/mol. The molecule has 0 aromatic heterocycles. The van der Waals surface area contributed by atoms with Gasteiger partial charge in [0.1, 0.15) is 0 Å². The summed E-state index contributed by atoms with van der Waals surface area (Å²) >= 11 is 0. The van der Waals surface area contributed by atoms with E-state index in [0.29, 0.717) is 0 Å². The van der Waals surface area contributed by atoms with Gasteiger partial charge in [0.25, 0.3) is 0 Å². The second kappa shape index (κ2) is 8.92. The second-order valence-corrected chi connectivity index (χ2v) is 1.04. The smallest absolute Gasteiger partial charge is 0.392 e. The summed E-state index contributed by atoms with van der Waals surface area (Å²) in [6, 6.07) is 0. The van der Waals surface area contributed by atoms with Gasteiger partial charge in [0.2, 0.25) is 0 Å². The third-order valence-corrected chi connectivity index (χ3v) is 0. The molecule has 3 nitrogen and oxygen atoms in total. The Morgan fingerprint density at radius 2 is 1.00 bits per heavy atom. The normalized spacial score (nSPS) is 7.00. The standard InChI is InChI=1S/C2H6.H4O3Si/c1-2;1-4(2)3/h1-2H3;1-4H. The Balaban J connectivity index is 0. The van der Waals surface area contributed by atoms with Crippen LogP contribution in [0.4, 0.5) is 0 Å². The van der Waals surface area contributed by atoms with E-state index in [1.807, 2.05) is 13.8 Å². The molecule has 0 aliphatic heterocycles. The molecule has 0 aliphatic rings. The fourth-order valence-electron chi connectivity index (χ4n) is 0. The van der Waals surface area contributed by atoms with Crippen LogP contribution in [0.3, 0.4) is 0 Å². The summed E-state index contributed by atoms with van der Waals surface area (Å²) in [5.41, 5.74) is 0. The third-order valence-electron chi connectivity index (χ3n) is 0. The minimum atomic E-state index is -3.14. The van der Waals surface area contributed by atoms with E-state index in [1.54, 1.807) is 0 Å². The highest BCUT2D eigenvalue weighted by Gasteiger charge is 1.83. The number of hydrogen-bond acceptors (Lipinski definition) is 3. The largest absolute Gasteiger partial charge is 0.475 e. The van der Waals surface area contributed by atoms with Crippen molar-refractivity contribution >= 4 is 9.53 Å². The van der Waals surface area contributed by atoms with Crippen molar-refractivity contribution < 1.29 is 14.4 Å². The van der Waals surface area contributed by atoms with Gasteiger partial charge in [0, 0.05) is 0 Å². The maximum Gasteiger partial charge on any atom is 0.475 e. The van der Waals surface area contributed by atoms with Crippen LogP contribution >= 0.6 is 0 Å². The summed E-state index contributed by atoms with van der Waals surface area (Å²) in [6.45, 7) is 4.00. The van der Waals surface area contributed by atoms with E-state index < -0.39 is 9.53 Å². The van der Waals surface area contributed by atoms with Crippen molar-refractivity contribution in [2.75, 3.05) is 0 Å². The van der Waals surface area contributed by atoms with Gasteiger partial charge in [-0.2, -0.15) is 0 Å². The molecule has 0 atom stereocenters. The molecule has 0 saturated carbocycles. The topological polar surface area (TPSA) is 60.7 Å². The van der Waals surface area contributed by atoms with Crippen LogP contribution < -0.4 is 0 Å². The SMILES string of the molecule is CC.O[SiH](O)O. The Hall–Kier alpha value is 0.0969. The van der Waals surface area contributed by atoms with Crippen LogP contribution in [0.25, 0.3) is 0 Å². The van der Waals surface area contributed by atoms with Crippen LogP contribution in [0, 0.1) is 0 Å². The van der Waals surface area contributed by atoms with Gasteiger partial charge >= 0.3 is 9.53 Å².